The first-order chi connectivity index (χ1) is 8.68. The van der Waals surface area contributed by atoms with Gasteiger partial charge in [0.1, 0.15) is 0 Å². The molecule has 1 aromatic heterocycles. The maximum atomic E-state index is 11.8. The molecule has 2 rings (SSSR count). The van der Waals surface area contributed by atoms with E-state index in [1.807, 2.05) is 17.5 Å². The van der Waals surface area contributed by atoms with Crippen molar-refractivity contribution in [2.75, 3.05) is 6.54 Å². The molecule has 18 heavy (non-hydrogen) atoms. The van der Waals surface area contributed by atoms with E-state index in [0.29, 0.717) is 6.54 Å². The number of phenols is 2. The van der Waals surface area contributed by atoms with E-state index < -0.39 is 0 Å². The van der Waals surface area contributed by atoms with Crippen LogP contribution in [0.1, 0.15) is 15.2 Å². The molecule has 0 atom stereocenters. The number of benzene rings is 1. The zero-order valence-corrected chi connectivity index (χ0v) is 10.4. The molecule has 5 heteroatoms. The third-order valence-corrected chi connectivity index (χ3v) is 3.43. The number of amides is 1. The summed E-state index contributed by atoms with van der Waals surface area (Å²) < 4.78 is 0. The minimum atomic E-state index is -0.389. The predicted molar refractivity (Wildman–Crippen MR) is 70.1 cm³/mol. The third-order valence-electron chi connectivity index (χ3n) is 2.50. The molecular weight excluding hydrogens is 250 g/mol. The van der Waals surface area contributed by atoms with E-state index in [1.165, 1.54) is 23.1 Å². The Morgan fingerprint density at radius 1 is 1.22 bits per heavy atom. The minimum absolute atomic E-state index is 0.0844. The first kappa shape index (κ1) is 12.4. The van der Waals surface area contributed by atoms with Crippen molar-refractivity contribution in [3.05, 3.63) is 46.2 Å². The highest BCUT2D eigenvalue weighted by molar-refractivity contribution is 7.09. The lowest BCUT2D eigenvalue weighted by molar-refractivity contribution is 0.0951. The van der Waals surface area contributed by atoms with Gasteiger partial charge in [0.25, 0.3) is 5.91 Å². The van der Waals surface area contributed by atoms with Crippen molar-refractivity contribution >= 4 is 17.2 Å². The fourth-order valence-corrected chi connectivity index (χ4v) is 2.27. The number of phenolic OH excluding ortho intramolecular Hbond substituents is 2. The van der Waals surface area contributed by atoms with Crippen LogP contribution in [0.15, 0.2) is 35.7 Å². The molecule has 0 aliphatic rings. The molecular formula is C13H13NO3S. The fraction of sp³-hybridized carbons (Fsp3) is 0.154. The Morgan fingerprint density at radius 2 is 2.06 bits per heavy atom. The largest absolute Gasteiger partial charge is 0.504 e. The standard InChI is InChI=1S/C13H13NO3S/c15-11-5-1-4-10(12(11)16)13(17)14-7-6-9-3-2-8-18-9/h1-5,8,15-16H,6-7H2,(H,14,17). The lowest BCUT2D eigenvalue weighted by atomic mass is 10.1. The number of aromatic hydroxyl groups is 2. The van der Waals surface area contributed by atoms with Crippen LogP contribution in [0.5, 0.6) is 11.5 Å². The monoisotopic (exact) mass is 263 g/mol. The van der Waals surface area contributed by atoms with E-state index in [-0.39, 0.29) is 23.0 Å². The van der Waals surface area contributed by atoms with Crippen LogP contribution in [0.4, 0.5) is 0 Å². The summed E-state index contributed by atoms with van der Waals surface area (Å²) in [4.78, 5) is 13.0. The number of nitrogens with one attached hydrogen (secondary N) is 1. The molecule has 4 nitrogen and oxygen atoms in total. The maximum Gasteiger partial charge on any atom is 0.255 e. The molecule has 0 fully saturated rings. The van der Waals surface area contributed by atoms with E-state index >= 15 is 0 Å². The van der Waals surface area contributed by atoms with Crippen molar-refractivity contribution in [3.63, 3.8) is 0 Å². The zero-order valence-electron chi connectivity index (χ0n) is 9.59. The molecule has 1 heterocycles. The smallest absolute Gasteiger partial charge is 0.255 e. The van der Waals surface area contributed by atoms with Crippen LogP contribution in [-0.4, -0.2) is 22.7 Å². The summed E-state index contributed by atoms with van der Waals surface area (Å²) in [7, 11) is 0. The topological polar surface area (TPSA) is 69.6 Å². The van der Waals surface area contributed by atoms with Gasteiger partial charge in [-0.05, 0) is 30.0 Å². The van der Waals surface area contributed by atoms with Crippen molar-refractivity contribution in [1.29, 1.82) is 0 Å². The zero-order chi connectivity index (χ0) is 13.0. The van der Waals surface area contributed by atoms with E-state index in [0.717, 1.165) is 6.42 Å². The maximum absolute atomic E-state index is 11.8. The van der Waals surface area contributed by atoms with Crippen LogP contribution < -0.4 is 5.32 Å². The van der Waals surface area contributed by atoms with E-state index in [2.05, 4.69) is 5.32 Å². The van der Waals surface area contributed by atoms with E-state index in [1.54, 1.807) is 11.3 Å². The summed E-state index contributed by atoms with van der Waals surface area (Å²) in [6, 6.07) is 8.28. The van der Waals surface area contributed by atoms with Crippen molar-refractivity contribution in [2.24, 2.45) is 0 Å². The van der Waals surface area contributed by atoms with Crippen LogP contribution in [0.3, 0.4) is 0 Å². The first-order valence-electron chi connectivity index (χ1n) is 5.50. The second-order valence-electron chi connectivity index (χ2n) is 3.76. The molecule has 0 saturated heterocycles. The molecule has 0 unspecified atom stereocenters. The Hall–Kier alpha value is -2.01. The van der Waals surface area contributed by atoms with Gasteiger partial charge in [0.05, 0.1) is 5.56 Å². The number of carbonyl (C=O) groups is 1. The summed E-state index contributed by atoms with van der Waals surface area (Å²) in [5.74, 6) is -1.06. The van der Waals surface area contributed by atoms with Gasteiger partial charge in [-0.2, -0.15) is 0 Å². The Balaban J connectivity index is 1.93. The van der Waals surface area contributed by atoms with Crippen molar-refractivity contribution in [3.8, 4) is 11.5 Å². The van der Waals surface area contributed by atoms with Gasteiger partial charge in [-0.25, -0.2) is 0 Å². The van der Waals surface area contributed by atoms with Crippen molar-refractivity contribution in [1.82, 2.24) is 5.32 Å². The van der Waals surface area contributed by atoms with Gasteiger partial charge in [0.15, 0.2) is 11.5 Å². The van der Waals surface area contributed by atoms with Crippen LogP contribution in [0.25, 0.3) is 0 Å². The van der Waals surface area contributed by atoms with Gasteiger partial charge in [-0.1, -0.05) is 12.1 Å². The summed E-state index contributed by atoms with van der Waals surface area (Å²) in [6.45, 7) is 0.494. The molecule has 0 bridgehead atoms. The number of hydrogen-bond acceptors (Lipinski definition) is 4. The third kappa shape index (κ3) is 2.81. The van der Waals surface area contributed by atoms with Crippen LogP contribution in [0, 0.1) is 0 Å². The lowest BCUT2D eigenvalue weighted by Gasteiger charge is -2.07. The summed E-state index contributed by atoms with van der Waals surface area (Å²) in [5.41, 5.74) is 0.0844. The molecule has 1 aromatic carbocycles. The number of thiophene rings is 1. The number of hydrogen-bond donors (Lipinski definition) is 3. The Bertz CT molecular complexity index is 537. The first-order valence-corrected chi connectivity index (χ1v) is 6.38. The van der Waals surface area contributed by atoms with Crippen molar-refractivity contribution < 1.29 is 15.0 Å². The Morgan fingerprint density at radius 3 is 2.78 bits per heavy atom. The summed E-state index contributed by atoms with van der Waals surface area (Å²) >= 11 is 1.64. The highest BCUT2D eigenvalue weighted by Gasteiger charge is 2.13. The van der Waals surface area contributed by atoms with Gasteiger partial charge in [0, 0.05) is 11.4 Å². The van der Waals surface area contributed by atoms with Gasteiger partial charge in [-0.3, -0.25) is 4.79 Å². The summed E-state index contributed by atoms with van der Waals surface area (Å²) in [6.07, 6.45) is 0.753. The van der Waals surface area contributed by atoms with Crippen LogP contribution >= 0.6 is 11.3 Å². The molecule has 1 amide bonds. The molecule has 0 aliphatic carbocycles. The van der Waals surface area contributed by atoms with Gasteiger partial charge < -0.3 is 15.5 Å². The average molecular weight is 263 g/mol. The second kappa shape index (κ2) is 5.55. The number of carbonyl (C=O) groups excluding carboxylic acids is 1. The second-order valence-corrected chi connectivity index (χ2v) is 4.79. The highest BCUT2D eigenvalue weighted by Crippen LogP contribution is 2.27. The molecule has 0 aliphatic heterocycles. The Kier molecular flexibility index (Phi) is 3.84. The quantitative estimate of drug-likeness (QED) is 0.740. The van der Waals surface area contributed by atoms with Crippen LogP contribution in [-0.2, 0) is 6.42 Å². The summed E-state index contributed by atoms with van der Waals surface area (Å²) in [5, 5.41) is 23.5. The van der Waals surface area contributed by atoms with Crippen LogP contribution in [0.2, 0.25) is 0 Å². The molecule has 94 valence electrons. The SMILES string of the molecule is O=C(NCCc1cccs1)c1cccc(O)c1O. The van der Waals surface area contributed by atoms with Gasteiger partial charge in [-0.15, -0.1) is 11.3 Å². The average Bonchev–Trinajstić information content (AvgIpc) is 2.85. The van der Waals surface area contributed by atoms with Gasteiger partial charge >= 0.3 is 0 Å². The normalized spacial score (nSPS) is 10.2. The Labute approximate surface area is 109 Å². The molecule has 0 radical (unpaired) electrons. The van der Waals surface area contributed by atoms with Gasteiger partial charge in [0.2, 0.25) is 0 Å². The number of rotatable bonds is 4. The highest BCUT2D eigenvalue weighted by atomic mass is 32.1. The molecule has 2 aromatic rings. The fourth-order valence-electron chi connectivity index (χ4n) is 1.56. The van der Waals surface area contributed by atoms with E-state index in [9.17, 15) is 15.0 Å². The molecule has 0 saturated carbocycles. The minimum Gasteiger partial charge on any atom is -0.504 e. The molecule has 3 N–H and O–H groups in total. The van der Waals surface area contributed by atoms with Crippen molar-refractivity contribution in [2.45, 2.75) is 6.42 Å². The lowest BCUT2D eigenvalue weighted by Crippen LogP contribution is -2.25. The molecule has 0 spiro atoms. The van der Waals surface area contributed by atoms with E-state index in [4.69, 9.17) is 0 Å². The number of para-hydroxylation sites is 1. The predicted octanol–water partition coefficient (Wildman–Crippen LogP) is 2.13.